The molecule has 0 fully saturated rings. The zero-order valence-corrected chi connectivity index (χ0v) is 8.54. The summed E-state index contributed by atoms with van der Waals surface area (Å²) in [6.07, 6.45) is -3.92. The number of ether oxygens (including phenoxy) is 1. The van der Waals surface area contributed by atoms with Crippen molar-refractivity contribution in [3.63, 3.8) is 0 Å². The summed E-state index contributed by atoms with van der Waals surface area (Å²) in [5.41, 5.74) is 5.94. The Balaban J connectivity index is 2.85. The van der Waals surface area contributed by atoms with Crippen LogP contribution in [0.5, 0.6) is 5.75 Å². The highest BCUT2D eigenvalue weighted by atomic mass is 19.3. The summed E-state index contributed by atoms with van der Waals surface area (Å²) in [6, 6.07) is 3.98. The standard InChI is InChI=1S/C10H11F2NO3/c1-6(14)7-2-8(13)4-9(3-7)16-5-10(11,12)15/h2-4,15H,5,13H2,1H3. The van der Waals surface area contributed by atoms with Gasteiger partial charge in [0.15, 0.2) is 12.4 Å². The highest BCUT2D eigenvalue weighted by molar-refractivity contribution is 5.95. The highest BCUT2D eigenvalue weighted by Crippen LogP contribution is 2.21. The summed E-state index contributed by atoms with van der Waals surface area (Å²) in [7, 11) is 0. The molecule has 0 amide bonds. The quantitative estimate of drug-likeness (QED) is 0.607. The Morgan fingerprint density at radius 1 is 1.50 bits per heavy atom. The topological polar surface area (TPSA) is 72.6 Å². The first-order valence-corrected chi connectivity index (χ1v) is 4.42. The second kappa shape index (κ2) is 4.44. The van der Waals surface area contributed by atoms with Gasteiger partial charge >= 0.3 is 6.11 Å². The summed E-state index contributed by atoms with van der Waals surface area (Å²) < 4.78 is 28.8. The third-order valence-corrected chi connectivity index (χ3v) is 1.75. The molecule has 0 aliphatic carbocycles. The van der Waals surface area contributed by atoms with Crippen molar-refractivity contribution in [3.8, 4) is 5.75 Å². The number of carbonyl (C=O) groups is 1. The predicted molar refractivity (Wildman–Crippen MR) is 53.5 cm³/mol. The van der Waals surface area contributed by atoms with Crippen LogP contribution in [0.3, 0.4) is 0 Å². The van der Waals surface area contributed by atoms with E-state index in [-0.39, 0.29) is 22.8 Å². The second-order valence-electron chi connectivity index (χ2n) is 3.30. The molecule has 0 aromatic heterocycles. The van der Waals surface area contributed by atoms with Gasteiger partial charge in [0.05, 0.1) is 0 Å². The molecule has 0 aliphatic rings. The minimum absolute atomic E-state index is 0.0129. The first kappa shape index (κ1) is 12.4. The molecular weight excluding hydrogens is 220 g/mol. The lowest BCUT2D eigenvalue weighted by atomic mass is 10.1. The number of Topliss-reactive ketones (excluding diaryl/α,β-unsaturated/α-hetero) is 1. The van der Waals surface area contributed by atoms with Gasteiger partial charge in [-0.2, -0.15) is 8.78 Å². The molecule has 0 heterocycles. The van der Waals surface area contributed by atoms with Crippen LogP contribution < -0.4 is 10.5 Å². The third kappa shape index (κ3) is 3.82. The lowest BCUT2D eigenvalue weighted by molar-refractivity contribution is -0.216. The van der Waals surface area contributed by atoms with Crippen LogP contribution in [0.15, 0.2) is 18.2 Å². The van der Waals surface area contributed by atoms with Gasteiger partial charge in [-0.1, -0.05) is 0 Å². The molecule has 3 N–H and O–H groups in total. The molecule has 6 heteroatoms. The third-order valence-electron chi connectivity index (χ3n) is 1.75. The van der Waals surface area contributed by atoms with Crippen LogP contribution in [0, 0.1) is 0 Å². The van der Waals surface area contributed by atoms with E-state index in [1.807, 2.05) is 0 Å². The smallest absolute Gasteiger partial charge is 0.387 e. The van der Waals surface area contributed by atoms with Crippen LogP contribution in [0.2, 0.25) is 0 Å². The predicted octanol–water partition coefficient (Wildman–Crippen LogP) is 1.44. The number of nitrogen functional groups attached to an aromatic ring is 1. The summed E-state index contributed by atoms with van der Waals surface area (Å²) in [6.45, 7) is 0.132. The lowest BCUT2D eigenvalue weighted by Gasteiger charge is -2.11. The Hall–Kier alpha value is -1.69. The van der Waals surface area contributed by atoms with Crippen molar-refractivity contribution in [1.82, 2.24) is 0 Å². The summed E-state index contributed by atoms with van der Waals surface area (Å²) >= 11 is 0. The Bertz CT molecular complexity index is 402. The number of halogens is 2. The molecule has 0 spiro atoms. The maximum atomic E-state index is 12.1. The molecule has 1 rings (SSSR count). The van der Waals surface area contributed by atoms with Crippen molar-refractivity contribution in [1.29, 1.82) is 0 Å². The zero-order chi connectivity index (χ0) is 12.3. The number of ketones is 1. The summed E-state index contributed by atoms with van der Waals surface area (Å²) in [5, 5.41) is 8.17. The van der Waals surface area contributed by atoms with Gasteiger partial charge in [-0.3, -0.25) is 4.79 Å². The van der Waals surface area contributed by atoms with E-state index in [1.165, 1.54) is 25.1 Å². The number of aliphatic hydroxyl groups is 1. The number of rotatable bonds is 4. The number of anilines is 1. The normalized spacial score (nSPS) is 11.2. The van der Waals surface area contributed by atoms with Gasteiger partial charge in [-0.15, -0.1) is 0 Å². The second-order valence-corrected chi connectivity index (χ2v) is 3.30. The largest absolute Gasteiger partial charge is 0.484 e. The fourth-order valence-corrected chi connectivity index (χ4v) is 1.08. The molecule has 16 heavy (non-hydrogen) atoms. The Morgan fingerprint density at radius 2 is 2.12 bits per heavy atom. The van der Waals surface area contributed by atoms with Crippen molar-refractivity contribution in [3.05, 3.63) is 23.8 Å². The van der Waals surface area contributed by atoms with Crippen LogP contribution in [0.25, 0.3) is 0 Å². The van der Waals surface area contributed by atoms with Crippen LogP contribution in [0.1, 0.15) is 17.3 Å². The van der Waals surface area contributed by atoms with Crippen LogP contribution in [-0.2, 0) is 0 Å². The number of carbonyl (C=O) groups excluding carboxylic acids is 1. The van der Waals surface area contributed by atoms with Crippen molar-refractivity contribution < 1.29 is 23.4 Å². The maximum absolute atomic E-state index is 12.1. The first-order chi connectivity index (χ1) is 7.28. The van der Waals surface area contributed by atoms with Crippen molar-refractivity contribution >= 4 is 11.5 Å². The van der Waals surface area contributed by atoms with Gasteiger partial charge in [0, 0.05) is 17.3 Å². The minimum Gasteiger partial charge on any atom is -0.484 e. The minimum atomic E-state index is -3.92. The fraction of sp³-hybridized carbons (Fsp3) is 0.300. The average molecular weight is 231 g/mol. The van der Waals surface area contributed by atoms with Crippen molar-refractivity contribution in [2.24, 2.45) is 0 Å². The van der Waals surface area contributed by atoms with E-state index in [4.69, 9.17) is 10.8 Å². The molecule has 88 valence electrons. The van der Waals surface area contributed by atoms with Gasteiger partial charge in [-0.25, -0.2) is 0 Å². The van der Waals surface area contributed by atoms with E-state index in [2.05, 4.69) is 4.74 Å². The van der Waals surface area contributed by atoms with Gasteiger partial charge in [0.2, 0.25) is 0 Å². The molecule has 0 atom stereocenters. The molecule has 0 saturated carbocycles. The molecule has 0 bridgehead atoms. The van der Waals surface area contributed by atoms with Crippen molar-refractivity contribution in [2.75, 3.05) is 12.3 Å². The van der Waals surface area contributed by atoms with E-state index in [0.29, 0.717) is 0 Å². The first-order valence-electron chi connectivity index (χ1n) is 4.42. The number of hydrogen-bond donors (Lipinski definition) is 2. The van der Waals surface area contributed by atoms with E-state index < -0.39 is 12.7 Å². The van der Waals surface area contributed by atoms with Crippen molar-refractivity contribution in [2.45, 2.75) is 13.0 Å². The number of nitrogens with two attached hydrogens (primary N) is 1. The molecule has 1 aromatic rings. The van der Waals surface area contributed by atoms with Crippen LogP contribution in [0.4, 0.5) is 14.5 Å². The van der Waals surface area contributed by atoms with Gasteiger partial charge in [-0.05, 0) is 19.1 Å². The molecule has 0 aliphatic heterocycles. The summed E-state index contributed by atoms with van der Waals surface area (Å²) in [4.78, 5) is 11.0. The van der Waals surface area contributed by atoms with E-state index >= 15 is 0 Å². The highest BCUT2D eigenvalue weighted by Gasteiger charge is 2.25. The average Bonchev–Trinajstić information content (AvgIpc) is 2.13. The Morgan fingerprint density at radius 3 is 2.62 bits per heavy atom. The zero-order valence-electron chi connectivity index (χ0n) is 8.54. The van der Waals surface area contributed by atoms with Gasteiger partial charge < -0.3 is 15.6 Å². The molecular formula is C10H11F2NO3. The fourth-order valence-electron chi connectivity index (χ4n) is 1.08. The van der Waals surface area contributed by atoms with E-state index in [0.717, 1.165) is 0 Å². The molecule has 0 radical (unpaired) electrons. The monoisotopic (exact) mass is 231 g/mol. The summed E-state index contributed by atoms with van der Waals surface area (Å²) in [5.74, 6) is -0.244. The van der Waals surface area contributed by atoms with Gasteiger partial charge in [0.1, 0.15) is 5.75 Å². The number of alkyl halides is 2. The maximum Gasteiger partial charge on any atom is 0.387 e. The molecule has 0 saturated heterocycles. The SMILES string of the molecule is CC(=O)c1cc(N)cc(OCC(O)(F)F)c1. The molecule has 0 unspecified atom stereocenters. The van der Waals surface area contributed by atoms with Crippen LogP contribution in [-0.4, -0.2) is 23.6 Å². The van der Waals surface area contributed by atoms with Crippen LogP contribution >= 0.6 is 0 Å². The van der Waals surface area contributed by atoms with Gasteiger partial charge in [0.25, 0.3) is 0 Å². The Labute approximate surface area is 90.6 Å². The number of hydrogen-bond acceptors (Lipinski definition) is 4. The van der Waals surface area contributed by atoms with E-state index in [1.54, 1.807) is 0 Å². The Kier molecular flexibility index (Phi) is 3.44. The van der Waals surface area contributed by atoms with E-state index in [9.17, 15) is 13.6 Å². The molecule has 4 nitrogen and oxygen atoms in total. The lowest BCUT2D eigenvalue weighted by Crippen LogP contribution is -2.24. The molecule has 1 aromatic carbocycles. The number of benzene rings is 1.